The zero-order chi connectivity index (χ0) is 12.7. The molecular weight excluding hydrogens is 262 g/mol. The number of aromatic nitrogens is 1. The second-order valence-corrected chi connectivity index (χ2v) is 6.96. The van der Waals surface area contributed by atoms with Crippen molar-refractivity contribution in [2.75, 3.05) is 18.0 Å². The Morgan fingerprint density at radius 1 is 1.44 bits per heavy atom. The van der Waals surface area contributed by atoms with Crippen molar-refractivity contribution < 1.29 is 0 Å². The van der Waals surface area contributed by atoms with Crippen LogP contribution in [0.25, 0.3) is 0 Å². The lowest BCUT2D eigenvalue weighted by molar-refractivity contribution is 0.446. The third kappa shape index (κ3) is 2.38. The van der Waals surface area contributed by atoms with E-state index in [1.807, 2.05) is 0 Å². The van der Waals surface area contributed by atoms with Crippen molar-refractivity contribution >= 4 is 33.7 Å². The van der Waals surface area contributed by atoms with Gasteiger partial charge in [-0.05, 0) is 31.6 Å². The average Bonchev–Trinajstić information content (AvgIpc) is 3.07. The lowest BCUT2D eigenvalue weighted by atomic mass is 10.0. The molecule has 2 heterocycles. The molecular formula is C13H19N3S2. The van der Waals surface area contributed by atoms with E-state index in [1.165, 1.54) is 31.4 Å². The lowest BCUT2D eigenvalue weighted by Crippen LogP contribution is -2.34. The number of nitrogens with two attached hydrogens (primary N) is 1. The molecule has 3 nitrogen and oxygen atoms in total. The van der Waals surface area contributed by atoms with Crippen molar-refractivity contribution in [3.8, 4) is 0 Å². The topological polar surface area (TPSA) is 42.2 Å². The van der Waals surface area contributed by atoms with Crippen molar-refractivity contribution in [3.63, 3.8) is 0 Å². The minimum atomic E-state index is 0.519. The predicted octanol–water partition coefficient (Wildman–Crippen LogP) is 2.89. The number of thiazole rings is 1. The fourth-order valence-corrected chi connectivity index (χ4v) is 3.90. The molecule has 1 saturated carbocycles. The molecule has 0 aromatic carbocycles. The van der Waals surface area contributed by atoms with Gasteiger partial charge < -0.3 is 10.6 Å². The molecule has 1 aromatic rings. The van der Waals surface area contributed by atoms with Gasteiger partial charge in [-0.25, -0.2) is 4.98 Å². The minimum absolute atomic E-state index is 0.519. The first-order valence-corrected chi connectivity index (χ1v) is 7.93. The quantitative estimate of drug-likeness (QED) is 0.865. The predicted molar refractivity (Wildman–Crippen MR) is 80.6 cm³/mol. The smallest absolute Gasteiger partial charge is 0.186 e. The van der Waals surface area contributed by atoms with Crippen molar-refractivity contribution in [1.29, 1.82) is 0 Å². The largest absolute Gasteiger partial charge is 0.389 e. The molecule has 98 valence electrons. The van der Waals surface area contributed by atoms with Gasteiger partial charge in [-0.2, -0.15) is 0 Å². The van der Waals surface area contributed by atoms with E-state index in [-0.39, 0.29) is 0 Å². The van der Waals surface area contributed by atoms with Crippen LogP contribution in [0.2, 0.25) is 0 Å². The molecule has 2 fully saturated rings. The van der Waals surface area contributed by atoms with E-state index in [1.54, 1.807) is 11.3 Å². The van der Waals surface area contributed by atoms with Crippen LogP contribution in [-0.4, -0.2) is 23.1 Å². The molecule has 5 heteroatoms. The summed E-state index contributed by atoms with van der Waals surface area (Å²) < 4.78 is 0. The maximum absolute atomic E-state index is 5.83. The second kappa shape index (κ2) is 4.78. The van der Waals surface area contributed by atoms with E-state index >= 15 is 0 Å². The molecule has 0 amide bonds. The summed E-state index contributed by atoms with van der Waals surface area (Å²) in [7, 11) is 0. The van der Waals surface area contributed by atoms with Crippen LogP contribution in [0.4, 0.5) is 5.13 Å². The fourth-order valence-electron chi connectivity index (χ4n) is 2.63. The molecule has 0 radical (unpaired) electrons. The van der Waals surface area contributed by atoms with Gasteiger partial charge in [0.15, 0.2) is 5.13 Å². The first-order valence-electron chi connectivity index (χ1n) is 6.70. The van der Waals surface area contributed by atoms with Crippen LogP contribution in [0.5, 0.6) is 0 Å². The SMILES string of the molecule is CC1CCCN(c2nc(C3CC3)c(C(N)=S)s2)C1. The number of anilines is 1. The molecule has 1 aromatic heterocycles. The Morgan fingerprint density at radius 3 is 2.83 bits per heavy atom. The first-order chi connectivity index (χ1) is 8.65. The van der Waals surface area contributed by atoms with Gasteiger partial charge in [-0.15, -0.1) is 0 Å². The summed E-state index contributed by atoms with van der Waals surface area (Å²) in [5.74, 6) is 1.38. The van der Waals surface area contributed by atoms with E-state index in [9.17, 15) is 0 Å². The zero-order valence-corrected chi connectivity index (χ0v) is 12.3. The van der Waals surface area contributed by atoms with Crippen molar-refractivity contribution in [3.05, 3.63) is 10.6 Å². The Balaban J connectivity index is 1.87. The third-order valence-electron chi connectivity index (χ3n) is 3.76. The van der Waals surface area contributed by atoms with Crippen LogP contribution in [0.15, 0.2) is 0 Å². The highest BCUT2D eigenvalue weighted by molar-refractivity contribution is 7.81. The highest BCUT2D eigenvalue weighted by atomic mass is 32.1. The lowest BCUT2D eigenvalue weighted by Gasteiger charge is -2.30. The fraction of sp³-hybridized carbons (Fsp3) is 0.692. The molecule has 0 spiro atoms. The Bertz CT molecular complexity index is 465. The molecule has 0 bridgehead atoms. The maximum atomic E-state index is 5.83. The van der Waals surface area contributed by atoms with E-state index in [4.69, 9.17) is 22.9 Å². The summed E-state index contributed by atoms with van der Waals surface area (Å²) in [6.45, 7) is 4.56. The van der Waals surface area contributed by atoms with Gasteiger partial charge >= 0.3 is 0 Å². The first kappa shape index (κ1) is 12.4. The monoisotopic (exact) mass is 281 g/mol. The van der Waals surface area contributed by atoms with Crippen LogP contribution < -0.4 is 10.6 Å². The number of rotatable bonds is 3. The highest BCUT2D eigenvalue weighted by Crippen LogP contribution is 2.44. The van der Waals surface area contributed by atoms with E-state index in [2.05, 4.69) is 11.8 Å². The minimum Gasteiger partial charge on any atom is -0.389 e. The summed E-state index contributed by atoms with van der Waals surface area (Å²) in [4.78, 5) is 8.81. The van der Waals surface area contributed by atoms with Crippen molar-refractivity contribution in [1.82, 2.24) is 4.98 Å². The Hall–Kier alpha value is -0.680. The van der Waals surface area contributed by atoms with Gasteiger partial charge in [-0.1, -0.05) is 30.5 Å². The van der Waals surface area contributed by atoms with Crippen LogP contribution in [0.1, 0.15) is 49.1 Å². The number of hydrogen-bond acceptors (Lipinski definition) is 4. The highest BCUT2D eigenvalue weighted by Gasteiger charge is 2.32. The van der Waals surface area contributed by atoms with Gasteiger partial charge in [0.25, 0.3) is 0 Å². The van der Waals surface area contributed by atoms with Gasteiger partial charge in [0.2, 0.25) is 0 Å². The summed E-state index contributed by atoms with van der Waals surface area (Å²) in [5, 5.41) is 1.13. The Kier molecular flexibility index (Phi) is 3.28. The van der Waals surface area contributed by atoms with Crippen LogP contribution >= 0.6 is 23.6 Å². The summed E-state index contributed by atoms with van der Waals surface area (Å²) in [5.41, 5.74) is 7.00. The molecule has 1 unspecified atom stereocenters. The standard InChI is InChI=1S/C13H19N3S2/c1-8-3-2-6-16(7-8)13-15-10(9-4-5-9)11(18-13)12(14)17/h8-9H,2-7H2,1H3,(H2,14,17). The molecule has 1 atom stereocenters. The molecule has 2 aliphatic rings. The molecule has 1 aliphatic carbocycles. The molecule has 3 rings (SSSR count). The van der Waals surface area contributed by atoms with Gasteiger partial charge in [-0.3, -0.25) is 0 Å². The van der Waals surface area contributed by atoms with Crippen molar-refractivity contribution in [2.45, 2.75) is 38.5 Å². The zero-order valence-electron chi connectivity index (χ0n) is 10.7. The number of hydrogen-bond donors (Lipinski definition) is 1. The maximum Gasteiger partial charge on any atom is 0.186 e. The van der Waals surface area contributed by atoms with Gasteiger partial charge in [0.05, 0.1) is 10.6 Å². The molecule has 18 heavy (non-hydrogen) atoms. The summed E-state index contributed by atoms with van der Waals surface area (Å²) in [6.07, 6.45) is 5.09. The number of thiocarbonyl (C=S) groups is 1. The van der Waals surface area contributed by atoms with Crippen LogP contribution in [-0.2, 0) is 0 Å². The second-order valence-electron chi connectivity index (χ2n) is 5.54. The van der Waals surface area contributed by atoms with Crippen LogP contribution in [0, 0.1) is 5.92 Å². The number of nitrogens with zero attached hydrogens (tertiary/aromatic N) is 2. The molecule has 1 aliphatic heterocycles. The van der Waals surface area contributed by atoms with Gasteiger partial charge in [0.1, 0.15) is 4.99 Å². The summed E-state index contributed by atoms with van der Waals surface area (Å²) >= 11 is 6.86. The molecule has 2 N–H and O–H groups in total. The number of piperidine rings is 1. The third-order valence-corrected chi connectivity index (χ3v) is 5.26. The Morgan fingerprint density at radius 2 is 2.22 bits per heavy atom. The van der Waals surface area contributed by atoms with Gasteiger partial charge in [0, 0.05) is 19.0 Å². The van der Waals surface area contributed by atoms with Crippen LogP contribution in [0.3, 0.4) is 0 Å². The molecule has 1 saturated heterocycles. The Labute approximate surface area is 117 Å². The average molecular weight is 281 g/mol. The van der Waals surface area contributed by atoms with E-state index in [0.29, 0.717) is 10.9 Å². The van der Waals surface area contributed by atoms with E-state index in [0.717, 1.165) is 29.0 Å². The summed E-state index contributed by atoms with van der Waals surface area (Å²) in [6, 6.07) is 0. The van der Waals surface area contributed by atoms with Crippen molar-refractivity contribution in [2.24, 2.45) is 11.7 Å². The van der Waals surface area contributed by atoms with E-state index < -0.39 is 0 Å². The normalized spacial score (nSPS) is 24.3.